The van der Waals surface area contributed by atoms with Crippen LogP contribution in [0.25, 0.3) is 0 Å². The zero-order valence-electron chi connectivity index (χ0n) is 12.1. The lowest BCUT2D eigenvalue weighted by molar-refractivity contribution is -0.122. The van der Waals surface area contributed by atoms with E-state index < -0.39 is 0 Å². The van der Waals surface area contributed by atoms with Gasteiger partial charge in [-0.3, -0.25) is 4.79 Å². The lowest BCUT2D eigenvalue weighted by Crippen LogP contribution is -2.52. The first-order valence-corrected chi connectivity index (χ1v) is 7.93. The maximum absolute atomic E-state index is 12.8. The molecule has 0 saturated heterocycles. The number of carbonyl (C=O) groups is 1. The molecule has 0 radical (unpaired) electrons. The highest BCUT2D eigenvalue weighted by Gasteiger charge is 2.25. The number of amides is 1. The largest absolute Gasteiger partial charge is 0.349 e. The first-order valence-electron chi connectivity index (χ1n) is 6.94. The third-order valence-corrected chi connectivity index (χ3v) is 4.57. The molecule has 1 amide bonds. The first kappa shape index (κ1) is 17.0. The number of hydrogen-bond acceptors (Lipinski definition) is 3. The second-order valence-corrected chi connectivity index (χ2v) is 5.96. The predicted molar refractivity (Wildman–Crippen MR) is 82.3 cm³/mol. The Morgan fingerprint density at radius 2 is 1.90 bits per heavy atom. The molecule has 112 valence electrons. The van der Waals surface area contributed by atoms with Crippen molar-refractivity contribution in [1.82, 2.24) is 5.32 Å². The molecule has 0 atom stereocenters. The Morgan fingerprint density at radius 3 is 2.40 bits per heavy atom. The van der Waals surface area contributed by atoms with Crippen LogP contribution in [0.3, 0.4) is 0 Å². The summed E-state index contributed by atoms with van der Waals surface area (Å²) in [4.78, 5) is 12.9. The van der Waals surface area contributed by atoms with Gasteiger partial charge in [0.25, 0.3) is 0 Å². The van der Waals surface area contributed by atoms with Crippen molar-refractivity contribution in [1.29, 1.82) is 0 Å². The molecule has 0 aromatic heterocycles. The molecular weight excluding hydrogens is 275 g/mol. The van der Waals surface area contributed by atoms with Crippen LogP contribution in [0, 0.1) is 5.82 Å². The van der Waals surface area contributed by atoms with Gasteiger partial charge < -0.3 is 11.1 Å². The molecule has 0 spiro atoms. The summed E-state index contributed by atoms with van der Waals surface area (Å²) in [5.41, 5.74) is 5.48. The second kappa shape index (κ2) is 8.27. The number of halogens is 1. The Labute approximate surface area is 124 Å². The number of benzene rings is 1. The van der Waals surface area contributed by atoms with E-state index in [1.54, 1.807) is 23.9 Å². The maximum Gasteiger partial charge on any atom is 0.221 e. The number of carbonyl (C=O) groups excluding carboxylic acids is 1. The highest BCUT2D eigenvalue weighted by atomic mass is 32.2. The zero-order chi connectivity index (χ0) is 15.0. The van der Waals surface area contributed by atoms with Gasteiger partial charge in [-0.25, -0.2) is 4.39 Å². The first-order chi connectivity index (χ1) is 9.55. The van der Waals surface area contributed by atoms with Crippen LogP contribution in [0.2, 0.25) is 0 Å². The lowest BCUT2D eigenvalue weighted by Gasteiger charge is -2.31. The van der Waals surface area contributed by atoms with Gasteiger partial charge in [0, 0.05) is 23.6 Å². The molecule has 0 fully saturated rings. The van der Waals surface area contributed by atoms with Crippen LogP contribution in [0.1, 0.15) is 33.1 Å². The molecule has 5 heteroatoms. The van der Waals surface area contributed by atoms with E-state index in [-0.39, 0.29) is 17.3 Å². The Bertz CT molecular complexity index is 410. The van der Waals surface area contributed by atoms with Crippen molar-refractivity contribution < 1.29 is 9.18 Å². The fraction of sp³-hybridized carbons (Fsp3) is 0.533. The molecule has 0 saturated carbocycles. The van der Waals surface area contributed by atoms with Crippen LogP contribution >= 0.6 is 11.8 Å². The molecule has 3 N–H and O–H groups in total. The normalized spacial score (nSPS) is 11.4. The molecule has 1 aromatic carbocycles. The van der Waals surface area contributed by atoms with E-state index in [0.29, 0.717) is 18.7 Å². The number of hydrogen-bond donors (Lipinski definition) is 2. The van der Waals surface area contributed by atoms with E-state index in [4.69, 9.17) is 5.73 Å². The zero-order valence-corrected chi connectivity index (χ0v) is 12.9. The summed E-state index contributed by atoms with van der Waals surface area (Å²) in [5.74, 6) is 0.449. The van der Waals surface area contributed by atoms with Gasteiger partial charge in [-0.1, -0.05) is 13.8 Å². The van der Waals surface area contributed by atoms with Crippen LogP contribution in [-0.2, 0) is 4.79 Å². The van der Waals surface area contributed by atoms with Crippen LogP contribution in [0.15, 0.2) is 29.2 Å². The van der Waals surface area contributed by atoms with Gasteiger partial charge in [-0.05, 0) is 37.1 Å². The van der Waals surface area contributed by atoms with Crippen LogP contribution in [0.5, 0.6) is 0 Å². The molecule has 20 heavy (non-hydrogen) atoms. The van der Waals surface area contributed by atoms with E-state index >= 15 is 0 Å². The summed E-state index contributed by atoms with van der Waals surface area (Å²) >= 11 is 1.55. The van der Waals surface area contributed by atoms with Crippen molar-refractivity contribution in [2.75, 3.05) is 12.3 Å². The lowest BCUT2D eigenvalue weighted by atomic mass is 9.93. The smallest absolute Gasteiger partial charge is 0.221 e. The molecule has 1 aromatic rings. The summed E-state index contributed by atoms with van der Waals surface area (Å²) < 4.78 is 12.8. The average Bonchev–Trinajstić information content (AvgIpc) is 2.47. The standard InChI is InChI=1S/C15H23FN2OS/c1-3-15(4-2,11-17)18-14(19)9-10-20-13-7-5-12(16)6-8-13/h5-8H,3-4,9-11,17H2,1-2H3,(H,18,19). The molecule has 0 aliphatic carbocycles. The quantitative estimate of drug-likeness (QED) is 0.726. The van der Waals surface area contributed by atoms with E-state index in [9.17, 15) is 9.18 Å². The summed E-state index contributed by atoms with van der Waals surface area (Å²) in [6, 6.07) is 6.30. The molecule has 0 aliphatic heterocycles. The number of nitrogens with two attached hydrogens (primary N) is 1. The van der Waals surface area contributed by atoms with Crippen LogP contribution in [0.4, 0.5) is 4.39 Å². The Hall–Kier alpha value is -1.07. The summed E-state index contributed by atoms with van der Waals surface area (Å²) in [5, 5.41) is 3.04. The highest BCUT2D eigenvalue weighted by Crippen LogP contribution is 2.19. The van der Waals surface area contributed by atoms with Gasteiger partial charge in [-0.15, -0.1) is 11.8 Å². The molecule has 0 heterocycles. The molecule has 1 rings (SSSR count). The fourth-order valence-corrected chi connectivity index (χ4v) is 2.77. The fourth-order valence-electron chi connectivity index (χ4n) is 1.92. The molecule has 0 bridgehead atoms. The summed E-state index contributed by atoms with van der Waals surface area (Å²) in [6.45, 7) is 4.52. The minimum absolute atomic E-state index is 0.0220. The summed E-state index contributed by atoms with van der Waals surface area (Å²) in [7, 11) is 0. The van der Waals surface area contributed by atoms with Gasteiger partial charge >= 0.3 is 0 Å². The van der Waals surface area contributed by atoms with Gasteiger partial charge in [0.1, 0.15) is 5.82 Å². The van der Waals surface area contributed by atoms with E-state index in [1.165, 1.54) is 12.1 Å². The Kier molecular flexibility index (Phi) is 7.02. The van der Waals surface area contributed by atoms with Crippen molar-refractivity contribution in [2.24, 2.45) is 5.73 Å². The van der Waals surface area contributed by atoms with Gasteiger partial charge in [0.05, 0.1) is 5.54 Å². The Balaban J connectivity index is 2.38. The van der Waals surface area contributed by atoms with E-state index in [2.05, 4.69) is 5.32 Å². The third kappa shape index (κ3) is 5.13. The van der Waals surface area contributed by atoms with Gasteiger partial charge in [0.15, 0.2) is 0 Å². The van der Waals surface area contributed by atoms with Crippen molar-refractivity contribution in [3.63, 3.8) is 0 Å². The molecule has 3 nitrogen and oxygen atoms in total. The number of rotatable bonds is 8. The van der Waals surface area contributed by atoms with Crippen molar-refractivity contribution in [3.8, 4) is 0 Å². The second-order valence-electron chi connectivity index (χ2n) is 4.79. The summed E-state index contributed by atoms with van der Waals surface area (Å²) in [6.07, 6.45) is 2.09. The van der Waals surface area contributed by atoms with Crippen LogP contribution < -0.4 is 11.1 Å². The molecular formula is C15H23FN2OS. The molecule has 0 unspecified atom stereocenters. The number of nitrogens with one attached hydrogen (secondary N) is 1. The minimum Gasteiger partial charge on any atom is -0.349 e. The van der Waals surface area contributed by atoms with E-state index in [0.717, 1.165) is 17.7 Å². The van der Waals surface area contributed by atoms with Gasteiger partial charge in [0.2, 0.25) is 5.91 Å². The van der Waals surface area contributed by atoms with Crippen molar-refractivity contribution in [2.45, 2.75) is 43.5 Å². The predicted octanol–water partition coefficient (Wildman–Crippen LogP) is 2.94. The Morgan fingerprint density at radius 1 is 1.30 bits per heavy atom. The topological polar surface area (TPSA) is 55.1 Å². The number of thioether (sulfide) groups is 1. The van der Waals surface area contributed by atoms with Crippen LogP contribution in [-0.4, -0.2) is 23.7 Å². The monoisotopic (exact) mass is 298 g/mol. The molecule has 0 aliphatic rings. The van der Waals surface area contributed by atoms with Gasteiger partial charge in [-0.2, -0.15) is 0 Å². The SMILES string of the molecule is CCC(CC)(CN)NC(=O)CCSc1ccc(F)cc1. The highest BCUT2D eigenvalue weighted by molar-refractivity contribution is 7.99. The van der Waals surface area contributed by atoms with E-state index in [1.807, 2.05) is 13.8 Å². The van der Waals surface area contributed by atoms with Crippen molar-refractivity contribution >= 4 is 17.7 Å². The minimum atomic E-state index is -0.280. The average molecular weight is 298 g/mol. The third-order valence-electron chi connectivity index (χ3n) is 3.56. The van der Waals surface area contributed by atoms with Crippen molar-refractivity contribution in [3.05, 3.63) is 30.1 Å². The maximum atomic E-state index is 12.8.